The highest BCUT2D eigenvalue weighted by Crippen LogP contribution is 2.23. The van der Waals surface area contributed by atoms with Crippen molar-refractivity contribution in [2.24, 2.45) is 5.92 Å². The van der Waals surface area contributed by atoms with E-state index in [1.807, 2.05) is 16.5 Å². The predicted molar refractivity (Wildman–Crippen MR) is 106 cm³/mol. The summed E-state index contributed by atoms with van der Waals surface area (Å²) in [5.74, 6) is 0.938. The molecule has 0 spiro atoms. The molecule has 2 aliphatic heterocycles. The zero-order valence-corrected chi connectivity index (χ0v) is 17.1. The minimum absolute atomic E-state index is 0.0538. The summed E-state index contributed by atoms with van der Waals surface area (Å²) in [5.41, 5.74) is -0.193. The Hall–Kier alpha value is -1.32. The number of amides is 2. The number of anilines is 1. The summed E-state index contributed by atoms with van der Waals surface area (Å²) in [7, 11) is 0. The molecule has 2 unspecified atom stereocenters. The maximum atomic E-state index is 12.6. The van der Waals surface area contributed by atoms with E-state index in [0.29, 0.717) is 31.2 Å². The largest absolute Gasteiger partial charge is 0.342 e. The minimum atomic E-state index is -0.193. The molecule has 26 heavy (non-hydrogen) atoms. The monoisotopic (exact) mass is 397 g/mol. The number of carbonyl (C=O) groups excluding carboxylic acids is 2. The zero-order chi connectivity index (χ0) is 18.7. The second-order valence-electron chi connectivity index (χ2n) is 7.18. The molecule has 2 fully saturated rings. The molecule has 144 valence electrons. The summed E-state index contributed by atoms with van der Waals surface area (Å²) in [5, 5.41) is 9.34. The van der Waals surface area contributed by atoms with Crippen LogP contribution in [0.15, 0.2) is 11.6 Å². The van der Waals surface area contributed by atoms with Crippen LogP contribution in [0.4, 0.5) is 5.13 Å². The number of carbonyl (C=O) groups is 2. The lowest BCUT2D eigenvalue weighted by Gasteiger charge is -2.40. The Balaban J connectivity index is 1.47. The Bertz CT molecular complexity index is 625. The van der Waals surface area contributed by atoms with E-state index in [0.717, 1.165) is 11.7 Å². The second kappa shape index (κ2) is 8.58. The number of rotatable bonds is 5. The van der Waals surface area contributed by atoms with E-state index in [-0.39, 0.29) is 29.4 Å². The van der Waals surface area contributed by atoms with Crippen LogP contribution in [0.5, 0.6) is 0 Å². The summed E-state index contributed by atoms with van der Waals surface area (Å²) in [6.07, 6.45) is 2.32. The van der Waals surface area contributed by atoms with Gasteiger partial charge >= 0.3 is 0 Å². The van der Waals surface area contributed by atoms with Crippen LogP contribution >= 0.6 is 23.1 Å². The Morgan fingerprint density at radius 2 is 2.27 bits per heavy atom. The Morgan fingerprint density at radius 1 is 1.46 bits per heavy atom. The number of piperazine rings is 1. The van der Waals surface area contributed by atoms with Gasteiger partial charge in [0.2, 0.25) is 11.8 Å². The first-order chi connectivity index (χ1) is 12.4. The average molecular weight is 398 g/mol. The third-order valence-corrected chi connectivity index (χ3v) is 6.70. The summed E-state index contributed by atoms with van der Waals surface area (Å²) >= 11 is 3.10. The van der Waals surface area contributed by atoms with Gasteiger partial charge in [-0.3, -0.25) is 14.9 Å². The van der Waals surface area contributed by atoms with Crippen molar-refractivity contribution in [3.8, 4) is 0 Å². The van der Waals surface area contributed by atoms with Gasteiger partial charge in [0.1, 0.15) is 5.50 Å². The molecule has 0 aromatic carbocycles. The van der Waals surface area contributed by atoms with Crippen LogP contribution < -0.4 is 15.5 Å². The van der Waals surface area contributed by atoms with Gasteiger partial charge in [-0.05, 0) is 12.8 Å². The molecule has 2 aliphatic rings. The molecule has 7 nitrogen and oxygen atoms in total. The first-order valence-corrected chi connectivity index (χ1v) is 11.0. The van der Waals surface area contributed by atoms with E-state index in [1.54, 1.807) is 11.3 Å². The number of thioether (sulfide) groups is 1. The molecule has 0 radical (unpaired) electrons. The van der Waals surface area contributed by atoms with E-state index >= 15 is 0 Å². The molecule has 2 N–H and O–H groups in total. The highest BCUT2D eigenvalue weighted by molar-refractivity contribution is 8.00. The van der Waals surface area contributed by atoms with E-state index in [9.17, 15) is 9.59 Å². The van der Waals surface area contributed by atoms with Crippen LogP contribution in [0.2, 0.25) is 0 Å². The zero-order valence-electron chi connectivity index (χ0n) is 15.5. The summed E-state index contributed by atoms with van der Waals surface area (Å²) in [6, 6.07) is 0.417. The lowest BCUT2D eigenvalue weighted by atomic mass is 10.00. The normalized spacial score (nSPS) is 26.9. The van der Waals surface area contributed by atoms with Gasteiger partial charge in [0.05, 0.1) is 5.75 Å². The molecule has 1 aromatic rings. The number of hydrogen-bond donors (Lipinski definition) is 2. The molecule has 2 saturated heterocycles. The van der Waals surface area contributed by atoms with Gasteiger partial charge in [-0.25, -0.2) is 4.98 Å². The van der Waals surface area contributed by atoms with Crippen molar-refractivity contribution in [1.29, 1.82) is 0 Å². The van der Waals surface area contributed by atoms with E-state index in [4.69, 9.17) is 0 Å². The van der Waals surface area contributed by atoms with Crippen LogP contribution in [0.1, 0.15) is 27.2 Å². The van der Waals surface area contributed by atoms with E-state index in [2.05, 4.69) is 41.3 Å². The minimum Gasteiger partial charge on any atom is -0.342 e. The summed E-state index contributed by atoms with van der Waals surface area (Å²) < 4.78 is 0. The van der Waals surface area contributed by atoms with Gasteiger partial charge in [-0.1, -0.05) is 13.8 Å². The fourth-order valence-electron chi connectivity index (χ4n) is 3.29. The van der Waals surface area contributed by atoms with Crippen LogP contribution in [-0.4, -0.2) is 64.7 Å². The number of aromatic nitrogens is 1. The molecule has 0 saturated carbocycles. The van der Waals surface area contributed by atoms with Gasteiger partial charge in [0.15, 0.2) is 5.13 Å². The third kappa shape index (κ3) is 4.69. The smallest absolute Gasteiger partial charge is 0.232 e. The van der Waals surface area contributed by atoms with Crippen molar-refractivity contribution < 1.29 is 9.59 Å². The van der Waals surface area contributed by atoms with E-state index < -0.39 is 0 Å². The molecule has 0 bridgehead atoms. The molecule has 3 atom stereocenters. The van der Waals surface area contributed by atoms with Crippen molar-refractivity contribution in [3.63, 3.8) is 0 Å². The average Bonchev–Trinajstić information content (AvgIpc) is 3.13. The first kappa shape index (κ1) is 19.4. The maximum absolute atomic E-state index is 12.6. The van der Waals surface area contributed by atoms with Crippen molar-refractivity contribution >= 4 is 40.0 Å². The van der Waals surface area contributed by atoms with Gasteiger partial charge in [0, 0.05) is 49.7 Å². The number of hydrogen-bond acceptors (Lipinski definition) is 7. The number of nitrogens with one attached hydrogen (secondary N) is 2. The number of thiazole rings is 1. The third-order valence-electron chi connectivity index (χ3n) is 4.89. The Kier molecular flexibility index (Phi) is 6.42. The number of nitrogens with zero attached hydrogens (tertiary/aromatic N) is 3. The quantitative estimate of drug-likeness (QED) is 0.781. The molecule has 0 aliphatic carbocycles. The van der Waals surface area contributed by atoms with Crippen LogP contribution in [0.25, 0.3) is 0 Å². The lowest BCUT2D eigenvalue weighted by Crippen LogP contribution is -2.57. The standard InChI is InChI=1S/C17H27N5O2S2/c1-11(2)13-8-14(23)20-16(19-13)26-10-15(24)21-5-6-22(12(3)9-21)17-18-4-7-25-17/h4,7,11-13,16,19H,5-6,8-10H2,1-3H3,(H,20,23)/t12-,13?,16?/m0/s1. The second-order valence-corrected chi connectivity index (χ2v) is 9.14. The van der Waals surface area contributed by atoms with Gasteiger partial charge in [-0.2, -0.15) is 0 Å². The van der Waals surface area contributed by atoms with Gasteiger partial charge in [-0.15, -0.1) is 23.1 Å². The highest BCUT2D eigenvalue weighted by Gasteiger charge is 2.31. The lowest BCUT2D eigenvalue weighted by molar-refractivity contribution is -0.129. The van der Waals surface area contributed by atoms with Crippen LogP contribution in [0, 0.1) is 5.92 Å². The van der Waals surface area contributed by atoms with Crippen molar-refractivity contribution in [2.75, 3.05) is 30.3 Å². The fraction of sp³-hybridized carbons (Fsp3) is 0.706. The van der Waals surface area contributed by atoms with Crippen LogP contribution in [0.3, 0.4) is 0 Å². The SMILES string of the molecule is CC(C)C1CC(=O)NC(SCC(=O)N2CCN(c3nccs3)[C@@H](C)C2)N1. The fourth-order valence-corrected chi connectivity index (χ4v) is 5.04. The van der Waals surface area contributed by atoms with Crippen LogP contribution in [-0.2, 0) is 9.59 Å². The Morgan fingerprint density at radius 3 is 2.92 bits per heavy atom. The molecule has 1 aromatic heterocycles. The summed E-state index contributed by atoms with van der Waals surface area (Å²) in [4.78, 5) is 33.0. The molecule has 9 heteroatoms. The molecular formula is C17H27N5O2S2. The van der Waals surface area contributed by atoms with Crippen molar-refractivity contribution in [3.05, 3.63) is 11.6 Å². The maximum Gasteiger partial charge on any atom is 0.232 e. The first-order valence-electron chi connectivity index (χ1n) is 9.05. The topological polar surface area (TPSA) is 77.6 Å². The molecule has 2 amide bonds. The molecule has 3 rings (SSSR count). The van der Waals surface area contributed by atoms with E-state index in [1.165, 1.54) is 11.8 Å². The van der Waals surface area contributed by atoms with Crippen molar-refractivity contribution in [2.45, 2.75) is 44.8 Å². The Labute approximate surface area is 162 Å². The molecular weight excluding hydrogens is 370 g/mol. The van der Waals surface area contributed by atoms with Crippen molar-refractivity contribution in [1.82, 2.24) is 20.5 Å². The summed E-state index contributed by atoms with van der Waals surface area (Å²) in [6.45, 7) is 8.56. The van der Waals surface area contributed by atoms with Gasteiger partial charge < -0.3 is 15.1 Å². The highest BCUT2D eigenvalue weighted by atomic mass is 32.2. The van der Waals surface area contributed by atoms with Gasteiger partial charge in [0.25, 0.3) is 0 Å². The predicted octanol–water partition coefficient (Wildman–Crippen LogP) is 1.33. The molecule has 3 heterocycles.